The molecule has 0 radical (unpaired) electrons. The van der Waals surface area contributed by atoms with E-state index in [1.54, 1.807) is 30.4 Å². The Morgan fingerprint density at radius 1 is 1.38 bits per heavy atom. The van der Waals surface area contributed by atoms with Crippen LogP contribution >= 0.6 is 11.3 Å². The summed E-state index contributed by atoms with van der Waals surface area (Å²) in [5.74, 6) is 0.916. The molecule has 114 valence electrons. The third kappa shape index (κ3) is 5.10. The standard InChI is InChI=1S/C16H21FN2OS/c1-11(2)7-18-8-16-19-13(10-21-16)9-20-14-5-4-12(3)15(17)6-14/h4-6,10-11,18H,7-9H2,1-3H3. The van der Waals surface area contributed by atoms with E-state index in [-0.39, 0.29) is 5.82 Å². The van der Waals surface area contributed by atoms with Crippen LogP contribution in [0.25, 0.3) is 0 Å². The van der Waals surface area contributed by atoms with E-state index >= 15 is 0 Å². The fourth-order valence-corrected chi connectivity index (χ4v) is 2.53. The van der Waals surface area contributed by atoms with Gasteiger partial charge in [-0.1, -0.05) is 19.9 Å². The van der Waals surface area contributed by atoms with Gasteiger partial charge in [-0.15, -0.1) is 11.3 Å². The fourth-order valence-electron chi connectivity index (χ4n) is 1.78. The van der Waals surface area contributed by atoms with Gasteiger partial charge < -0.3 is 10.1 Å². The van der Waals surface area contributed by atoms with E-state index in [9.17, 15) is 4.39 Å². The molecule has 0 spiro atoms. The molecule has 0 fully saturated rings. The van der Waals surface area contributed by atoms with Gasteiger partial charge in [0.25, 0.3) is 0 Å². The number of rotatable bonds is 7. The molecule has 5 heteroatoms. The van der Waals surface area contributed by atoms with Crippen LogP contribution in [0.4, 0.5) is 4.39 Å². The van der Waals surface area contributed by atoms with Crippen molar-refractivity contribution in [3.05, 3.63) is 45.7 Å². The van der Waals surface area contributed by atoms with Gasteiger partial charge in [0, 0.05) is 18.0 Å². The topological polar surface area (TPSA) is 34.1 Å². The Labute approximate surface area is 129 Å². The second-order valence-electron chi connectivity index (χ2n) is 5.46. The maximum absolute atomic E-state index is 13.4. The zero-order valence-corrected chi connectivity index (χ0v) is 13.5. The second kappa shape index (κ2) is 7.52. The van der Waals surface area contributed by atoms with Crippen molar-refractivity contribution in [2.45, 2.75) is 33.9 Å². The highest BCUT2D eigenvalue weighted by Gasteiger charge is 2.05. The monoisotopic (exact) mass is 308 g/mol. The number of nitrogens with zero attached hydrogens (tertiary/aromatic N) is 1. The van der Waals surface area contributed by atoms with Crippen LogP contribution in [-0.4, -0.2) is 11.5 Å². The Bertz CT molecular complexity index is 583. The molecular formula is C16H21FN2OS. The molecule has 0 aliphatic heterocycles. The molecule has 0 aliphatic carbocycles. The number of halogens is 1. The number of aromatic nitrogens is 1. The van der Waals surface area contributed by atoms with Crippen LogP contribution in [0, 0.1) is 18.7 Å². The van der Waals surface area contributed by atoms with Crippen LogP contribution < -0.4 is 10.1 Å². The summed E-state index contributed by atoms with van der Waals surface area (Å²) >= 11 is 1.61. The number of ether oxygens (including phenoxy) is 1. The van der Waals surface area contributed by atoms with Gasteiger partial charge in [0.05, 0.1) is 5.69 Å². The molecule has 2 rings (SSSR count). The Kier molecular flexibility index (Phi) is 5.70. The van der Waals surface area contributed by atoms with Crippen molar-refractivity contribution in [3.8, 4) is 5.75 Å². The highest BCUT2D eigenvalue weighted by molar-refractivity contribution is 7.09. The summed E-state index contributed by atoms with van der Waals surface area (Å²) in [5, 5.41) is 6.39. The van der Waals surface area contributed by atoms with Crippen molar-refractivity contribution in [1.29, 1.82) is 0 Å². The van der Waals surface area contributed by atoms with Gasteiger partial charge in [-0.3, -0.25) is 0 Å². The lowest BCUT2D eigenvalue weighted by atomic mass is 10.2. The molecule has 0 saturated heterocycles. The highest BCUT2D eigenvalue weighted by Crippen LogP contribution is 2.18. The van der Waals surface area contributed by atoms with Crippen LogP contribution in [-0.2, 0) is 13.2 Å². The summed E-state index contributed by atoms with van der Waals surface area (Å²) in [6.07, 6.45) is 0. The molecule has 0 amide bonds. The largest absolute Gasteiger partial charge is 0.487 e. The van der Waals surface area contributed by atoms with Gasteiger partial charge in [0.1, 0.15) is 23.2 Å². The first-order chi connectivity index (χ1) is 10.0. The predicted molar refractivity (Wildman–Crippen MR) is 84.1 cm³/mol. The summed E-state index contributed by atoms with van der Waals surface area (Å²) in [4.78, 5) is 4.50. The molecule has 0 bridgehead atoms. The van der Waals surface area contributed by atoms with Crippen molar-refractivity contribution in [2.24, 2.45) is 5.92 Å². The molecule has 1 heterocycles. The van der Waals surface area contributed by atoms with Crippen LogP contribution in [0.2, 0.25) is 0 Å². The first-order valence-corrected chi connectivity index (χ1v) is 7.95. The number of thiazole rings is 1. The number of benzene rings is 1. The van der Waals surface area contributed by atoms with Crippen molar-refractivity contribution in [2.75, 3.05) is 6.54 Å². The van der Waals surface area contributed by atoms with Crippen LogP contribution in [0.15, 0.2) is 23.6 Å². The minimum atomic E-state index is -0.246. The minimum absolute atomic E-state index is 0.246. The van der Waals surface area contributed by atoms with Crippen molar-refractivity contribution in [3.63, 3.8) is 0 Å². The summed E-state index contributed by atoms with van der Waals surface area (Å²) in [6, 6.07) is 4.90. The minimum Gasteiger partial charge on any atom is -0.487 e. The quantitative estimate of drug-likeness (QED) is 0.842. The Balaban J connectivity index is 1.83. The molecule has 1 aromatic carbocycles. The van der Waals surface area contributed by atoms with Gasteiger partial charge in [0.2, 0.25) is 0 Å². The van der Waals surface area contributed by atoms with Crippen LogP contribution in [0.1, 0.15) is 30.1 Å². The first kappa shape index (κ1) is 15.9. The molecule has 2 aromatic rings. The van der Waals surface area contributed by atoms with Crippen LogP contribution in [0.5, 0.6) is 5.75 Å². The number of hydrogen-bond acceptors (Lipinski definition) is 4. The average molecular weight is 308 g/mol. The Hall–Kier alpha value is -1.46. The fraction of sp³-hybridized carbons (Fsp3) is 0.438. The van der Waals surface area contributed by atoms with E-state index in [4.69, 9.17) is 4.74 Å². The zero-order chi connectivity index (χ0) is 15.2. The smallest absolute Gasteiger partial charge is 0.131 e. The number of aryl methyl sites for hydroxylation is 1. The average Bonchev–Trinajstić information content (AvgIpc) is 2.88. The van der Waals surface area contributed by atoms with E-state index < -0.39 is 0 Å². The molecule has 1 aromatic heterocycles. The predicted octanol–water partition coefficient (Wildman–Crippen LogP) is 3.92. The van der Waals surface area contributed by atoms with Crippen molar-refractivity contribution < 1.29 is 9.13 Å². The summed E-state index contributed by atoms with van der Waals surface area (Å²) in [7, 11) is 0. The Morgan fingerprint density at radius 3 is 2.90 bits per heavy atom. The lowest BCUT2D eigenvalue weighted by Gasteiger charge is -2.06. The molecule has 21 heavy (non-hydrogen) atoms. The SMILES string of the molecule is Cc1ccc(OCc2csc(CNCC(C)C)n2)cc1F. The molecule has 0 aliphatic rings. The third-order valence-electron chi connectivity index (χ3n) is 2.96. The number of nitrogens with one attached hydrogen (secondary N) is 1. The van der Waals surface area contributed by atoms with E-state index in [1.165, 1.54) is 6.07 Å². The molecular weight excluding hydrogens is 287 g/mol. The van der Waals surface area contributed by atoms with E-state index in [0.717, 1.165) is 23.8 Å². The van der Waals surface area contributed by atoms with E-state index in [0.29, 0.717) is 23.8 Å². The Morgan fingerprint density at radius 2 is 2.19 bits per heavy atom. The lowest BCUT2D eigenvalue weighted by Crippen LogP contribution is -2.18. The maximum Gasteiger partial charge on any atom is 0.131 e. The summed E-state index contributed by atoms with van der Waals surface area (Å²) < 4.78 is 19.0. The molecule has 3 nitrogen and oxygen atoms in total. The third-order valence-corrected chi connectivity index (χ3v) is 3.86. The second-order valence-corrected chi connectivity index (χ2v) is 6.40. The van der Waals surface area contributed by atoms with Gasteiger partial charge in [-0.2, -0.15) is 0 Å². The zero-order valence-electron chi connectivity index (χ0n) is 12.6. The van der Waals surface area contributed by atoms with E-state index in [1.807, 2.05) is 5.38 Å². The molecule has 1 N–H and O–H groups in total. The van der Waals surface area contributed by atoms with E-state index in [2.05, 4.69) is 24.1 Å². The van der Waals surface area contributed by atoms with Gasteiger partial charge >= 0.3 is 0 Å². The normalized spacial score (nSPS) is 11.1. The molecule has 0 saturated carbocycles. The van der Waals surface area contributed by atoms with Crippen LogP contribution in [0.3, 0.4) is 0 Å². The van der Waals surface area contributed by atoms with Gasteiger partial charge in [0.15, 0.2) is 0 Å². The van der Waals surface area contributed by atoms with Crippen molar-refractivity contribution in [1.82, 2.24) is 10.3 Å². The van der Waals surface area contributed by atoms with Gasteiger partial charge in [-0.05, 0) is 31.0 Å². The highest BCUT2D eigenvalue weighted by atomic mass is 32.1. The first-order valence-electron chi connectivity index (χ1n) is 7.07. The van der Waals surface area contributed by atoms with Crippen molar-refractivity contribution >= 4 is 11.3 Å². The lowest BCUT2D eigenvalue weighted by molar-refractivity contribution is 0.300. The maximum atomic E-state index is 13.4. The summed E-state index contributed by atoms with van der Waals surface area (Å²) in [5.41, 5.74) is 1.50. The molecule has 0 atom stereocenters. The molecule has 0 unspecified atom stereocenters. The summed E-state index contributed by atoms with van der Waals surface area (Å²) in [6.45, 7) is 8.21. The van der Waals surface area contributed by atoms with Gasteiger partial charge in [-0.25, -0.2) is 9.37 Å². The number of hydrogen-bond donors (Lipinski definition) is 1.